The number of nitrogens with one attached hydrogen (secondary N) is 1. The van der Waals surface area contributed by atoms with Gasteiger partial charge in [0.1, 0.15) is 24.0 Å². The van der Waals surface area contributed by atoms with Gasteiger partial charge in [-0.15, -0.1) is 0 Å². The van der Waals surface area contributed by atoms with Crippen LogP contribution in [0.25, 0.3) is 11.3 Å². The third-order valence-electron chi connectivity index (χ3n) is 7.00. The number of nitrogens with zero attached hydrogens (tertiary/aromatic N) is 3. The molecule has 3 saturated heterocycles. The molecule has 4 heterocycles. The zero-order valence-electron chi connectivity index (χ0n) is 19.9. The van der Waals surface area contributed by atoms with E-state index in [4.69, 9.17) is 14.5 Å². The summed E-state index contributed by atoms with van der Waals surface area (Å²) in [6.45, 7) is 4.12. The predicted molar refractivity (Wildman–Crippen MR) is 131 cm³/mol. The average molecular weight is 477 g/mol. The van der Waals surface area contributed by atoms with Crippen molar-refractivity contribution in [2.24, 2.45) is 5.92 Å². The third kappa shape index (κ3) is 5.27. The van der Waals surface area contributed by atoms with E-state index in [-0.39, 0.29) is 11.9 Å². The molecule has 2 aromatic carbocycles. The summed E-state index contributed by atoms with van der Waals surface area (Å²) in [6, 6.07) is 15.8. The molecule has 35 heavy (non-hydrogen) atoms. The van der Waals surface area contributed by atoms with Crippen molar-refractivity contribution in [3.8, 4) is 17.0 Å². The summed E-state index contributed by atoms with van der Waals surface area (Å²) >= 11 is 0. The Kier molecular flexibility index (Phi) is 6.63. The number of methoxy groups -OCH3 is 1. The van der Waals surface area contributed by atoms with Gasteiger partial charge in [0.15, 0.2) is 0 Å². The molecule has 182 valence electrons. The Balaban J connectivity index is 1.21. The van der Waals surface area contributed by atoms with Gasteiger partial charge in [-0.2, -0.15) is 0 Å². The fraction of sp³-hybridized carbons (Fsp3) is 0.370. The van der Waals surface area contributed by atoms with Crippen LogP contribution in [0.4, 0.5) is 14.9 Å². The quantitative estimate of drug-likeness (QED) is 0.538. The molecule has 1 unspecified atom stereocenters. The van der Waals surface area contributed by atoms with E-state index in [1.54, 1.807) is 43.5 Å². The van der Waals surface area contributed by atoms with E-state index in [9.17, 15) is 9.18 Å². The maximum Gasteiger partial charge on any atom is 0.411 e. The standard InChI is InChI=1S/C27H29FN4O3/c1-17-29-25(18-3-5-20(28)6-4-18)14-26(30-17)24-15-32-12-11-19(24)13-22(32)16-35-27(33)31-21-7-9-23(34-2)10-8-21/h3-10,14,19,22,24H,11-13,15-16H2,1-2H3,(H,31,33)/t19-,22+,24+/m0/s1. The van der Waals surface area contributed by atoms with Gasteiger partial charge in [0.2, 0.25) is 0 Å². The van der Waals surface area contributed by atoms with Gasteiger partial charge in [0, 0.05) is 35.4 Å². The van der Waals surface area contributed by atoms with Crippen LogP contribution in [-0.2, 0) is 4.74 Å². The van der Waals surface area contributed by atoms with Crippen molar-refractivity contribution in [1.29, 1.82) is 0 Å². The Morgan fingerprint density at radius 2 is 1.91 bits per heavy atom. The number of halogens is 1. The molecule has 2 bridgehead atoms. The first kappa shape index (κ1) is 23.2. The lowest BCUT2D eigenvalue weighted by Crippen LogP contribution is -2.54. The molecule has 3 aliphatic heterocycles. The number of hydrogen-bond donors (Lipinski definition) is 1. The summed E-state index contributed by atoms with van der Waals surface area (Å²) in [4.78, 5) is 24.1. The highest BCUT2D eigenvalue weighted by atomic mass is 19.1. The lowest BCUT2D eigenvalue weighted by Gasteiger charge is -2.49. The van der Waals surface area contributed by atoms with E-state index in [0.29, 0.717) is 30.0 Å². The number of benzene rings is 2. The zero-order chi connectivity index (χ0) is 24.4. The van der Waals surface area contributed by atoms with Crippen LogP contribution < -0.4 is 10.1 Å². The molecule has 8 heteroatoms. The summed E-state index contributed by atoms with van der Waals surface area (Å²) < 4.78 is 24.1. The summed E-state index contributed by atoms with van der Waals surface area (Å²) in [6.07, 6.45) is 1.59. The first-order valence-electron chi connectivity index (χ1n) is 11.9. The fourth-order valence-electron chi connectivity index (χ4n) is 5.20. The van der Waals surface area contributed by atoms with Crippen molar-refractivity contribution in [3.05, 3.63) is 71.9 Å². The van der Waals surface area contributed by atoms with Gasteiger partial charge in [-0.05, 0) is 86.8 Å². The van der Waals surface area contributed by atoms with Crippen LogP contribution in [0.15, 0.2) is 54.6 Å². The van der Waals surface area contributed by atoms with Crippen molar-refractivity contribution in [1.82, 2.24) is 14.9 Å². The number of carbonyl (C=O) groups is 1. The number of aryl methyl sites for hydroxylation is 1. The smallest absolute Gasteiger partial charge is 0.411 e. The lowest BCUT2D eigenvalue weighted by molar-refractivity contribution is -0.00151. The second-order valence-electron chi connectivity index (χ2n) is 9.22. The van der Waals surface area contributed by atoms with Gasteiger partial charge in [0.25, 0.3) is 0 Å². The Morgan fingerprint density at radius 3 is 2.60 bits per heavy atom. The van der Waals surface area contributed by atoms with E-state index in [2.05, 4.69) is 15.2 Å². The van der Waals surface area contributed by atoms with Gasteiger partial charge >= 0.3 is 6.09 Å². The van der Waals surface area contributed by atoms with E-state index < -0.39 is 6.09 Å². The minimum Gasteiger partial charge on any atom is -0.497 e. The number of amides is 1. The second kappa shape index (κ2) is 10.00. The molecule has 0 aliphatic carbocycles. The number of rotatable bonds is 6. The molecule has 0 spiro atoms. The number of fused-ring (bicyclic) bond motifs is 3. The number of piperidine rings is 3. The molecule has 1 N–H and O–H groups in total. The van der Waals surface area contributed by atoms with Gasteiger partial charge in [0.05, 0.1) is 12.8 Å². The van der Waals surface area contributed by atoms with Crippen LogP contribution in [0.5, 0.6) is 5.75 Å². The van der Waals surface area contributed by atoms with E-state index in [1.165, 1.54) is 12.1 Å². The monoisotopic (exact) mass is 476 g/mol. The Bertz CT molecular complexity index is 1190. The minimum atomic E-state index is -0.454. The van der Waals surface area contributed by atoms with Crippen LogP contribution >= 0.6 is 0 Å². The maximum atomic E-state index is 13.4. The predicted octanol–water partition coefficient (Wildman–Crippen LogP) is 5.03. The molecule has 3 aliphatic rings. The molecule has 3 aromatic rings. The van der Waals surface area contributed by atoms with E-state index in [1.807, 2.05) is 13.0 Å². The Morgan fingerprint density at radius 1 is 1.14 bits per heavy atom. The summed E-state index contributed by atoms with van der Waals surface area (Å²) in [5.41, 5.74) is 3.40. The fourth-order valence-corrected chi connectivity index (χ4v) is 5.20. The van der Waals surface area contributed by atoms with Crippen LogP contribution in [0, 0.1) is 18.7 Å². The Hall–Kier alpha value is -3.52. The van der Waals surface area contributed by atoms with Crippen molar-refractivity contribution >= 4 is 11.8 Å². The third-order valence-corrected chi connectivity index (χ3v) is 7.00. The first-order valence-corrected chi connectivity index (χ1v) is 11.9. The topological polar surface area (TPSA) is 76.6 Å². The van der Waals surface area contributed by atoms with Crippen LogP contribution in [-0.4, -0.2) is 53.8 Å². The van der Waals surface area contributed by atoms with Crippen molar-refractivity contribution in [2.75, 3.05) is 32.1 Å². The summed E-state index contributed by atoms with van der Waals surface area (Å²) in [5.74, 6) is 1.95. The molecule has 7 nitrogen and oxygen atoms in total. The summed E-state index contributed by atoms with van der Waals surface area (Å²) in [5, 5.41) is 2.77. The molecule has 1 aromatic heterocycles. The molecule has 0 saturated carbocycles. The maximum absolute atomic E-state index is 13.4. The number of ether oxygens (including phenoxy) is 2. The zero-order valence-corrected chi connectivity index (χ0v) is 19.9. The number of carbonyl (C=O) groups excluding carboxylic acids is 1. The van der Waals surface area contributed by atoms with Gasteiger partial charge in [-0.1, -0.05) is 0 Å². The molecular formula is C27H29FN4O3. The van der Waals surface area contributed by atoms with Gasteiger partial charge < -0.3 is 9.47 Å². The van der Waals surface area contributed by atoms with Crippen molar-refractivity contribution < 1.29 is 18.7 Å². The van der Waals surface area contributed by atoms with Crippen LogP contribution in [0.3, 0.4) is 0 Å². The summed E-state index contributed by atoms with van der Waals surface area (Å²) in [7, 11) is 1.60. The average Bonchev–Trinajstić information content (AvgIpc) is 2.88. The van der Waals surface area contributed by atoms with Crippen LogP contribution in [0.2, 0.25) is 0 Å². The molecular weight excluding hydrogens is 447 g/mol. The van der Waals surface area contributed by atoms with E-state index >= 15 is 0 Å². The Labute approximate surface area is 204 Å². The van der Waals surface area contributed by atoms with Crippen LogP contribution in [0.1, 0.15) is 30.3 Å². The minimum absolute atomic E-state index is 0.200. The van der Waals surface area contributed by atoms with Gasteiger partial charge in [-0.25, -0.2) is 19.2 Å². The van der Waals surface area contributed by atoms with Gasteiger partial charge in [-0.3, -0.25) is 10.2 Å². The van der Waals surface area contributed by atoms with Crippen molar-refractivity contribution in [2.45, 2.75) is 31.7 Å². The normalized spacial score (nSPS) is 23.1. The molecule has 0 radical (unpaired) electrons. The first-order chi connectivity index (χ1) is 17.0. The highest BCUT2D eigenvalue weighted by Gasteiger charge is 2.42. The van der Waals surface area contributed by atoms with Crippen molar-refractivity contribution in [3.63, 3.8) is 0 Å². The molecule has 4 atom stereocenters. The highest BCUT2D eigenvalue weighted by molar-refractivity contribution is 5.84. The largest absolute Gasteiger partial charge is 0.497 e. The lowest BCUT2D eigenvalue weighted by atomic mass is 9.74. The molecule has 3 fully saturated rings. The number of anilines is 1. The number of aromatic nitrogens is 2. The highest BCUT2D eigenvalue weighted by Crippen LogP contribution is 2.42. The molecule has 1 amide bonds. The number of hydrogen-bond acceptors (Lipinski definition) is 6. The SMILES string of the molecule is COc1ccc(NC(=O)OC[C@H]2C[C@@H]3CCN2C[C@H]3c2cc(-c3ccc(F)cc3)nc(C)n2)cc1. The van der Waals surface area contributed by atoms with E-state index in [0.717, 1.165) is 48.6 Å². The second-order valence-corrected chi connectivity index (χ2v) is 9.22. The molecule has 6 rings (SSSR count).